The lowest BCUT2D eigenvalue weighted by Crippen LogP contribution is -2.28. The molecule has 0 fully saturated rings. The van der Waals surface area contributed by atoms with Crippen LogP contribution in [0.4, 0.5) is 13.2 Å². The summed E-state index contributed by atoms with van der Waals surface area (Å²) in [7, 11) is -5.70. The van der Waals surface area contributed by atoms with Crippen LogP contribution in [0.25, 0.3) is 0 Å². The highest BCUT2D eigenvalue weighted by atomic mass is 79.9. The molecule has 0 unspecified atom stereocenters. The SMILES string of the molecule is N#CCc1ccccc1Br.N#CCc1ccccc1OS(=O)(=O)C(F)(F)F. The van der Waals surface area contributed by atoms with Crippen LogP contribution >= 0.6 is 15.9 Å². The maximum atomic E-state index is 12.1. The predicted molar refractivity (Wildman–Crippen MR) is 94.8 cm³/mol. The van der Waals surface area contributed by atoms with Gasteiger partial charge in [0.05, 0.1) is 25.0 Å². The second kappa shape index (κ2) is 9.95. The molecule has 0 aliphatic rings. The smallest absolute Gasteiger partial charge is 0.376 e. The molecule has 0 aliphatic carbocycles. The third-order valence-corrected chi connectivity index (χ3v) is 4.69. The van der Waals surface area contributed by atoms with Gasteiger partial charge < -0.3 is 4.18 Å². The van der Waals surface area contributed by atoms with Gasteiger partial charge in [-0.1, -0.05) is 52.3 Å². The van der Waals surface area contributed by atoms with E-state index in [0.717, 1.165) is 16.1 Å². The molecule has 0 atom stereocenters. The minimum absolute atomic E-state index is 0.0721. The number of para-hydroxylation sites is 1. The van der Waals surface area contributed by atoms with Crippen LogP contribution < -0.4 is 4.18 Å². The molecular formula is C17H12BrF3N2O3S. The highest BCUT2D eigenvalue weighted by molar-refractivity contribution is 9.10. The van der Waals surface area contributed by atoms with E-state index in [9.17, 15) is 21.6 Å². The standard InChI is InChI=1S/C9H6F3NO3S.C8H6BrN/c10-9(11,12)17(14,15)16-8-4-2-1-3-7(8)5-6-13;9-8-4-2-1-3-7(8)5-6-10/h1-4H,5H2;1-4H,5H2. The first-order valence-corrected chi connectivity index (χ1v) is 9.38. The van der Waals surface area contributed by atoms with Gasteiger partial charge in [0.1, 0.15) is 5.75 Å². The Labute approximate surface area is 162 Å². The Kier molecular flexibility index (Phi) is 8.29. The second-order valence-electron chi connectivity index (χ2n) is 4.85. The summed E-state index contributed by atoms with van der Waals surface area (Å²) in [6.07, 6.45) is 0.227. The van der Waals surface area contributed by atoms with E-state index in [2.05, 4.69) is 26.2 Å². The van der Waals surface area contributed by atoms with Crippen molar-refractivity contribution in [2.75, 3.05) is 0 Å². The lowest BCUT2D eigenvalue weighted by molar-refractivity contribution is -0.0500. The zero-order valence-corrected chi connectivity index (χ0v) is 16.0. The predicted octanol–water partition coefficient (Wildman–Crippen LogP) is 4.50. The van der Waals surface area contributed by atoms with Gasteiger partial charge in [-0.15, -0.1) is 0 Å². The monoisotopic (exact) mass is 460 g/mol. The molecule has 0 aliphatic heterocycles. The largest absolute Gasteiger partial charge is 0.534 e. The van der Waals surface area contributed by atoms with Gasteiger partial charge in [0.15, 0.2) is 0 Å². The van der Waals surface area contributed by atoms with Crippen molar-refractivity contribution in [2.45, 2.75) is 18.3 Å². The summed E-state index contributed by atoms with van der Waals surface area (Å²) < 4.78 is 62.6. The topological polar surface area (TPSA) is 90.9 Å². The Morgan fingerprint density at radius 1 is 0.926 bits per heavy atom. The quantitative estimate of drug-likeness (QED) is 0.494. The van der Waals surface area contributed by atoms with E-state index in [1.807, 2.05) is 24.3 Å². The van der Waals surface area contributed by atoms with Crippen LogP contribution in [0.15, 0.2) is 53.0 Å². The van der Waals surface area contributed by atoms with Crippen molar-refractivity contribution in [1.82, 2.24) is 0 Å². The van der Waals surface area contributed by atoms with Gasteiger partial charge in [-0.2, -0.15) is 32.1 Å². The van der Waals surface area contributed by atoms with Crippen molar-refractivity contribution in [2.24, 2.45) is 0 Å². The van der Waals surface area contributed by atoms with Crippen LogP contribution in [0.1, 0.15) is 11.1 Å². The molecule has 0 spiro atoms. The van der Waals surface area contributed by atoms with Crippen molar-refractivity contribution in [3.05, 3.63) is 64.1 Å². The Morgan fingerprint density at radius 2 is 1.41 bits per heavy atom. The van der Waals surface area contributed by atoms with E-state index in [-0.39, 0.29) is 12.0 Å². The van der Waals surface area contributed by atoms with Crippen LogP contribution in [-0.4, -0.2) is 13.9 Å². The Bertz CT molecular complexity index is 964. The molecule has 10 heteroatoms. The number of hydrogen-bond acceptors (Lipinski definition) is 5. The van der Waals surface area contributed by atoms with E-state index in [4.69, 9.17) is 10.5 Å². The Hall–Kier alpha value is -2.56. The van der Waals surface area contributed by atoms with Crippen LogP contribution in [0.2, 0.25) is 0 Å². The first-order valence-electron chi connectivity index (χ1n) is 7.18. The fraction of sp³-hybridized carbons (Fsp3) is 0.176. The highest BCUT2D eigenvalue weighted by Gasteiger charge is 2.48. The first-order chi connectivity index (χ1) is 12.6. The van der Waals surface area contributed by atoms with Gasteiger partial charge >= 0.3 is 15.6 Å². The molecule has 0 N–H and O–H groups in total. The van der Waals surface area contributed by atoms with Crippen LogP contribution in [0, 0.1) is 22.7 Å². The average molecular weight is 461 g/mol. The average Bonchev–Trinajstić information content (AvgIpc) is 2.58. The lowest BCUT2D eigenvalue weighted by atomic mass is 10.1. The van der Waals surface area contributed by atoms with E-state index >= 15 is 0 Å². The number of rotatable bonds is 4. The third kappa shape index (κ3) is 6.93. The molecule has 27 heavy (non-hydrogen) atoms. The molecule has 5 nitrogen and oxygen atoms in total. The van der Waals surface area contributed by atoms with Crippen molar-refractivity contribution in [1.29, 1.82) is 10.5 Å². The van der Waals surface area contributed by atoms with E-state index in [0.29, 0.717) is 6.42 Å². The van der Waals surface area contributed by atoms with Gasteiger partial charge in [0, 0.05) is 10.0 Å². The molecule has 0 heterocycles. The maximum absolute atomic E-state index is 12.1. The summed E-state index contributed by atoms with van der Waals surface area (Å²) >= 11 is 3.35. The molecule has 0 saturated heterocycles. The normalized spacial score (nSPS) is 10.7. The molecule has 2 aromatic rings. The maximum Gasteiger partial charge on any atom is 0.534 e. The third-order valence-electron chi connectivity index (χ3n) is 2.95. The zero-order valence-electron chi connectivity index (χ0n) is 13.6. The summed E-state index contributed by atoms with van der Waals surface area (Å²) in [6, 6.07) is 16.7. The van der Waals surface area contributed by atoms with Crippen molar-refractivity contribution in [3.8, 4) is 17.9 Å². The fourth-order valence-electron chi connectivity index (χ4n) is 1.71. The van der Waals surface area contributed by atoms with Crippen molar-refractivity contribution >= 4 is 26.0 Å². The fourth-order valence-corrected chi connectivity index (χ4v) is 2.63. The second-order valence-corrected chi connectivity index (χ2v) is 7.24. The van der Waals surface area contributed by atoms with Gasteiger partial charge in [-0.05, 0) is 17.7 Å². The van der Waals surface area contributed by atoms with Crippen molar-refractivity contribution in [3.63, 3.8) is 0 Å². The van der Waals surface area contributed by atoms with Gasteiger partial charge in [-0.25, -0.2) is 0 Å². The van der Waals surface area contributed by atoms with Crippen molar-refractivity contribution < 1.29 is 25.8 Å². The minimum Gasteiger partial charge on any atom is -0.376 e. The van der Waals surface area contributed by atoms with Gasteiger partial charge in [0.25, 0.3) is 0 Å². The Morgan fingerprint density at radius 3 is 1.93 bits per heavy atom. The molecule has 0 bridgehead atoms. The number of nitriles is 2. The molecule has 0 amide bonds. The summed E-state index contributed by atoms with van der Waals surface area (Å²) in [5.74, 6) is -0.494. The summed E-state index contributed by atoms with van der Waals surface area (Å²) in [6.45, 7) is 0. The molecule has 142 valence electrons. The number of nitrogens with zero attached hydrogens (tertiary/aromatic N) is 2. The van der Waals surface area contributed by atoms with E-state index < -0.39 is 21.4 Å². The summed E-state index contributed by atoms with van der Waals surface area (Å²) in [4.78, 5) is 0. The lowest BCUT2D eigenvalue weighted by Gasteiger charge is -2.11. The zero-order chi connectivity index (χ0) is 20.5. The molecule has 2 aromatic carbocycles. The summed E-state index contributed by atoms with van der Waals surface area (Å²) in [5.41, 5.74) is -4.37. The molecule has 2 rings (SSSR count). The van der Waals surface area contributed by atoms with Gasteiger partial charge in [0.2, 0.25) is 0 Å². The van der Waals surface area contributed by atoms with Crippen LogP contribution in [-0.2, 0) is 23.0 Å². The number of benzene rings is 2. The summed E-state index contributed by atoms with van der Waals surface area (Å²) in [5, 5.41) is 16.8. The molecular weight excluding hydrogens is 449 g/mol. The number of hydrogen-bond donors (Lipinski definition) is 0. The van der Waals surface area contributed by atoms with E-state index in [1.165, 1.54) is 18.2 Å². The van der Waals surface area contributed by atoms with Crippen LogP contribution in [0.5, 0.6) is 5.75 Å². The number of alkyl halides is 3. The molecule has 0 aromatic heterocycles. The van der Waals surface area contributed by atoms with E-state index in [1.54, 1.807) is 6.07 Å². The first kappa shape index (κ1) is 22.5. The number of halogens is 4. The molecule has 0 saturated carbocycles. The Balaban J connectivity index is 0.000000309. The minimum atomic E-state index is -5.70. The van der Waals surface area contributed by atoms with Crippen LogP contribution in [0.3, 0.4) is 0 Å². The molecule has 0 radical (unpaired) electrons. The van der Waals surface area contributed by atoms with Gasteiger partial charge in [-0.3, -0.25) is 0 Å². The highest BCUT2D eigenvalue weighted by Crippen LogP contribution is 2.28.